The number of methoxy groups -OCH3 is 2. The third-order valence-corrected chi connectivity index (χ3v) is 2.90. The molecule has 0 aliphatic rings. The summed E-state index contributed by atoms with van der Waals surface area (Å²) < 4.78 is 10.2. The molecule has 1 aromatic carbocycles. The minimum atomic E-state index is -0.404. The van der Waals surface area contributed by atoms with Crippen LogP contribution in [0.25, 0.3) is 11.4 Å². The number of hydrogen-bond acceptors (Lipinski definition) is 8. The van der Waals surface area contributed by atoms with E-state index < -0.39 is 5.84 Å². The van der Waals surface area contributed by atoms with Crippen molar-refractivity contribution in [3.05, 3.63) is 30.3 Å². The number of ether oxygens (including phenoxy) is 2. The molecule has 0 aliphatic heterocycles. The molecule has 0 aliphatic carbocycles. The summed E-state index contributed by atoms with van der Waals surface area (Å²) in [6, 6.07) is 10.3. The zero-order valence-electron chi connectivity index (χ0n) is 13.1. The van der Waals surface area contributed by atoms with Crippen LogP contribution < -0.4 is 20.6 Å². The third-order valence-electron chi connectivity index (χ3n) is 2.90. The number of nitrogens with zero attached hydrogens (tertiary/aromatic N) is 4. The average molecular weight is 325 g/mol. The second-order valence-electron chi connectivity index (χ2n) is 4.45. The molecule has 122 valence electrons. The van der Waals surface area contributed by atoms with Crippen LogP contribution in [0, 0.1) is 16.7 Å². The van der Waals surface area contributed by atoms with Crippen molar-refractivity contribution in [1.82, 2.24) is 9.97 Å². The van der Waals surface area contributed by atoms with Crippen LogP contribution >= 0.6 is 0 Å². The van der Waals surface area contributed by atoms with Gasteiger partial charge in [0.25, 0.3) is 0 Å². The second kappa shape index (κ2) is 7.55. The fourth-order valence-corrected chi connectivity index (χ4v) is 1.70. The molecule has 0 saturated heterocycles. The van der Waals surface area contributed by atoms with E-state index in [0.717, 1.165) is 5.56 Å². The van der Waals surface area contributed by atoms with E-state index in [1.165, 1.54) is 14.2 Å². The van der Waals surface area contributed by atoms with Crippen molar-refractivity contribution >= 4 is 17.2 Å². The molecular weight excluding hydrogens is 310 g/mol. The van der Waals surface area contributed by atoms with E-state index in [9.17, 15) is 0 Å². The van der Waals surface area contributed by atoms with Crippen LogP contribution in [0.2, 0.25) is 0 Å². The topological polar surface area (TPSA) is 142 Å². The van der Waals surface area contributed by atoms with Crippen molar-refractivity contribution in [3.63, 3.8) is 0 Å². The highest BCUT2D eigenvalue weighted by molar-refractivity contribution is 6.45. The third kappa shape index (κ3) is 3.95. The standard InChI is InChI=1S/C15H15N7O2/c1-23-12-7-13(24-2)20-15(19-12)9-3-5-10(6-4-9)21-22-11(8-16)14(17)18/h3-7,21H,1-2H3,(H3,17,18)/b22-11+. The Morgan fingerprint density at radius 3 is 2.25 bits per heavy atom. The summed E-state index contributed by atoms with van der Waals surface area (Å²) in [5, 5.41) is 19.7. The lowest BCUT2D eigenvalue weighted by Crippen LogP contribution is -2.21. The molecule has 9 heteroatoms. The summed E-state index contributed by atoms with van der Waals surface area (Å²) in [7, 11) is 3.02. The van der Waals surface area contributed by atoms with Crippen LogP contribution in [-0.2, 0) is 0 Å². The Morgan fingerprint density at radius 1 is 1.21 bits per heavy atom. The molecule has 9 nitrogen and oxygen atoms in total. The van der Waals surface area contributed by atoms with Gasteiger partial charge in [0.05, 0.1) is 26.0 Å². The Balaban J connectivity index is 2.24. The molecule has 0 unspecified atom stereocenters. The molecule has 0 saturated carbocycles. The fourth-order valence-electron chi connectivity index (χ4n) is 1.70. The zero-order valence-corrected chi connectivity index (χ0v) is 13.1. The number of nitrogens with one attached hydrogen (secondary N) is 2. The number of amidine groups is 1. The number of aromatic nitrogens is 2. The molecule has 2 rings (SSSR count). The van der Waals surface area contributed by atoms with Crippen LogP contribution in [0.4, 0.5) is 5.69 Å². The van der Waals surface area contributed by atoms with E-state index in [2.05, 4.69) is 20.5 Å². The minimum absolute atomic E-state index is 0.194. The lowest BCUT2D eigenvalue weighted by molar-refractivity contribution is 0.372. The number of nitriles is 1. The maximum absolute atomic E-state index is 8.78. The smallest absolute Gasteiger partial charge is 0.220 e. The fraction of sp³-hybridized carbons (Fsp3) is 0.133. The molecular formula is C15H15N7O2. The average Bonchev–Trinajstić information content (AvgIpc) is 2.62. The van der Waals surface area contributed by atoms with Gasteiger partial charge in [-0.2, -0.15) is 20.3 Å². The van der Waals surface area contributed by atoms with Gasteiger partial charge in [-0.05, 0) is 24.3 Å². The maximum Gasteiger partial charge on any atom is 0.220 e. The van der Waals surface area contributed by atoms with Gasteiger partial charge in [0.1, 0.15) is 6.07 Å². The number of hydrogen-bond donors (Lipinski definition) is 3. The summed E-state index contributed by atoms with van der Waals surface area (Å²) in [6.45, 7) is 0. The maximum atomic E-state index is 8.78. The first kappa shape index (κ1) is 16.7. The highest BCUT2D eigenvalue weighted by Gasteiger charge is 2.08. The minimum Gasteiger partial charge on any atom is -0.481 e. The van der Waals surface area contributed by atoms with Crippen molar-refractivity contribution in [2.45, 2.75) is 0 Å². The molecule has 1 aromatic heterocycles. The van der Waals surface area contributed by atoms with Gasteiger partial charge >= 0.3 is 0 Å². The van der Waals surface area contributed by atoms with Crippen molar-refractivity contribution in [2.24, 2.45) is 10.8 Å². The summed E-state index contributed by atoms with van der Waals surface area (Å²) in [6.07, 6.45) is 0. The van der Waals surface area contributed by atoms with E-state index in [4.69, 9.17) is 25.9 Å². The van der Waals surface area contributed by atoms with Gasteiger partial charge in [-0.3, -0.25) is 10.8 Å². The van der Waals surface area contributed by atoms with E-state index in [-0.39, 0.29) is 5.71 Å². The van der Waals surface area contributed by atoms with E-state index in [1.54, 1.807) is 36.4 Å². The number of anilines is 1. The summed E-state index contributed by atoms with van der Waals surface area (Å²) in [5.41, 5.74) is 9.03. The molecule has 0 fully saturated rings. The van der Waals surface area contributed by atoms with Gasteiger partial charge in [0, 0.05) is 5.56 Å². The highest BCUT2D eigenvalue weighted by Crippen LogP contribution is 2.23. The van der Waals surface area contributed by atoms with Crippen LogP contribution in [0.3, 0.4) is 0 Å². The molecule has 0 spiro atoms. The summed E-state index contributed by atoms with van der Waals surface area (Å²) in [4.78, 5) is 8.52. The van der Waals surface area contributed by atoms with Crippen molar-refractivity contribution in [1.29, 1.82) is 10.7 Å². The van der Waals surface area contributed by atoms with E-state index in [1.807, 2.05) is 0 Å². The van der Waals surface area contributed by atoms with Gasteiger partial charge in [0.2, 0.25) is 17.5 Å². The van der Waals surface area contributed by atoms with E-state index >= 15 is 0 Å². The molecule has 4 N–H and O–H groups in total. The first-order chi connectivity index (χ1) is 11.6. The Morgan fingerprint density at radius 2 is 1.79 bits per heavy atom. The first-order valence-corrected chi connectivity index (χ1v) is 6.73. The molecule has 0 amide bonds. The number of rotatable bonds is 6. The lowest BCUT2D eigenvalue weighted by Gasteiger charge is -2.07. The van der Waals surface area contributed by atoms with Gasteiger partial charge in [0.15, 0.2) is 11.7 Å². The SMILES string of the molecule is COc1cc(OC)nc(-c2ccc(N/N=C(\C#N)C(=N)N)cc2)n1. The second-order valence-corrected chi connectivity index (χ2v) is 4.45. The predicted molar refractivity (Wildman–Crippen MR) is 89.2 cm³/mol. The molecule has 0 bridgehead atoms. The van der Waals surface area contributed by atoms with Crippen molar-refractivity contribution in [2.75, 3.05) is 19.6 Å². The number of hydrazone groups is 1. The normalized spacial score (nSPS) is 10.6. The first-order valence-electron chi connectivity index (χ1n) is 6.73. The van der Waals surface area contributed by atoms with Crippen LogP contribution in [0.1, 0.15) is 0 Å². The van der Waals surface area contributed by atoms with Gasteiger partial charge in [-0.25, -0.2) is 0 Å². The highest BCUT2D eigenvalue weighted by atomic mass is 16.5. The van der Waals surface area contributed by atoms with Crippen molar-refractivity contribution < 1.29 is 9.47 Å². The lowest BCUT2D eigenvalue weighted by atomic mass is 10.2. The monoisotopic (exact) mass is 325 g/mol. The van der Waals surface area contributed by atoms with Gasteiger partial charge in [-0.1, -0.05) is 0 Å². The summed E-state index contributed by atoms with van der Waals surface area (Å²) in [5.74, 6) is 0.828. The van der Waals surface area contributed by atoms with E-state index in [0.29, 0.717) is 23.3 Å². The largest absolute Gasteiger partial charge is 0.481 e. The van der Waals surface area contributed by atoms with Crippen LogP contribution in [0.15, 0.2) is 35.4 Å². The molecule has 0 atom stereocenters. The Bertz CT molecular complexity index is 787. The van der Waals surface area contributed by atoms with Crippen molar-refractivity contribution in [3.8, 4) is 29.2 Å². The van der Waals surface area contributed by atoms with Gasteiger partial charge < -0.3 is 15.2 Å². The Kier molecular flexibility index (Phi) is 5.25. The van der Waals surface area contributed by atoms with Crippen LogP contribution in [0.5, 0.6) is 11.8 Å². The van der Waals surface area contributed by atoms with Crippen LogP contribution in [-0.4, -0.2) is 35.7 Å². The molecule has 2 aromatic rings. The Hall–Kier alpha value is -3.67. The number of nitrogens with two attached hydrogens (primary N) is 1. The molecule has 0 radical (unpaired) electrons. The zero-order chi connectivity index (χ0) is 17.5. The van der Waals surface area contributed by atoms with Gasteiger partial charge in [-0.15, -0.1) is 0 Å². The summed E-state index contributed by atoms with van der Waals surface area (Å²) >= 11 is 0. The quantitative estimate of drug-likeness (QED) is 0.413. The number of benzene rings is 1. The molecule has 24 heavy (non-hydrogen) atoms. The predicted octanol–water partition coefficient (Wildman–Crippen LogP) is 1.39. The Labute approximate surface area is 138 Å². The molecule has 1 heterocycles.